The summed E-state index contributed by atoms with van der Waals surface area (Å²) in [6, 6.07) is 10.0. The van der Waals surface area contributed by atoms with Crippen LogP contribution in [0.4, 0.5) is 0 Å². The van der Waals surface area contributed by atoms with E-state index in [1.54, 1.807) is 36.4 Å². The summed E-state index contributed by atoms with van der Waals surface area (Å²) in [6.45, 7) is 0. The van der Waals surface area contributed by atoms with Crippen molar-refractivity contribution < 1.29 is 4.74 Å². The van der Waals surface area contributed by atoms with E-state index in [2.05, 4.69) is 0 Å². The van der Waals surface area contributed by atoms with Gasteiger partial charge in [0, 0.05) is 11.6 Å². The van der Waals surface area contributed by atoms with Crippen LogP contribution in [0.15, 0.2) is 36.4 Å². The van der Waals surface area contributed by atoms with Crippen molar-refractivity contribution in [1.82, 2.24) is 0 Å². The molecule has 0 unspecified atom stereocenters. The van der Waals surface area contributed by atoms with Gasteiger partial charge in [0.05, 0.1) is 15.1 Å². The van der Waals surface area contributed by atoms with Gasteiger partial charge < -0.3 is 10.5 Å². The summed E-state index contributed by atoms with van der Waals surface area (Å²) in [4.78, 5) is 0.281. The smallest absolute Gasteiger partial charge is 0.146 e. The van der Waals surface area contributed by atoms with Crippen molar-refractivity contribution in [3.05, 3.63) is 57.0 Å². The van der Waals surface area contributed by atoms with E-state index in [0.29, 0.717) is 32.1 Å². The summed E-state index contributed by atoms with van der Waals surface area (Å²) in [7, 11) is 0. The molecular weight excluding hydrogens is 325 g/mol. The number of hydrogen-bond acceptors (Lipinski definition) is 2. The van der Waals surface area contributed by atoms with Gasteiger partial charge in [-0.15, -0.1) is 0 Å². The third-order valence-corrected chi connectivity index (χ3v) is 3.61. The molecule has 0 saturated carbocycles. The molecule has 6 heteroatoms. The minimum atomic E-state index is 0.281. The van der Waals surface area contributed by atoms with Crippen molar-refractivity contribution in [2.75, 3.05) is 0 Å². The third-order valence-electron chi connectivity index (χ3n) is 2.34. The van der Waals surface area contributed by atoms with Gasteiger partial charge in [-0.05, 0) is 30.3 Å². The van der Waals surface area contributed by atoms with Gasteiger partial charge in [-0.1, -0.05) is 47.0 Å². The highest BCUT2D eigenvalue weighted by Crippen LogP contribution is 2.33. The topological polar surface area (TPSA) is 35.2 Å². The van der Waals surface area contributed by atoms with Gasteiger partial charge in [0.2, 0.25) is 0 Å². The molecule has 2 nitrogen and oxygen atoms in total. The van der Waals surface area contributed by atoms with E-state index in [4.69, 9.17) is 57.5 Å². The number of hydrogen-bond donors (Lipinski definition) is 1. The fourth-order valence-electron chi connectivity index (χ4n) is 1.40. The van der Waals surface area contributed by atoms with Crippen molar-refractivity contribution in [2.45, 2.75) is 0 Å². The molecule has 0 heterocycles. The zero-order valence-corrected chi connectivity index (χ0v) is 12.6. The molecule has 0 aliphatic carbocycles. The Hall–Kier alpha value is -1.000. The van der Waals surface area contributed by atoms with E-state index >= 15 is 0 Å². The molecule has 0 atom stereocenters. The molecule has 0 aromatic heterocycles. The van der Waals surface area contributed by atoms with Crippen LogP contribution in [0.1, 0.15) is 5.56 Å². The molecule has 2 aromatic carbocycles. The first-order valence-corrected chi connectivity index (χ1v) is 6.74. The minimum Gasteiger partial charge on any atom is -0.456 e. The zero-order chi connectivity index (χ0) is 14.0. The largest absolute Gasteiger partial charge is 0.456 e. The first-order chi connectivity index (χ1) is 8.97. The first-order valence-electron chi connectivity index (χ1n) is 5.19. The van der Waals surface area contributed by atoms with Crippen LogP contribution < -0.4 is 10.5 Å². The number of halogens is 3. The monoisotopic (exact) mass is 331 g/mol. The standard InChI is InChI=1S/C13H8Cl3NOS/c14-9-3-2-8(6-10(9)15)18-12-4-1-7(13(17)19)5-11(12)16/h1-6H,(H2,17,19). The lowest BCUT2D eigenvalue weighted by molar-refractivity contribution is 0.483. The molecule has 98 valence electrons. The van der Waals surface area contributed by atoms with Crippen LogP contribution in [-0.2, 0) is 0 Å². The van der Waals surface area contributed by atoms with Crippen molar-refractivity contribution in [2.24, 2.45) is 5.73 Å². The number of nitrogens with two attached hydrogens (primary N) is 1. The van der Waals surface area contributed by atoms with Crippen LogP contribution in [0.25, 0.3) is 0 Å². The molecule has 0 radical (unpaired) electrons. The summed E-state index contributed by atoms with van der Waals surface area (Å²) < 4.78 is 5.62. The highest BCUT2D eigenvalue weighted by atomic mass is 35.5. The van der Waals surface area contributed by atoms with Crippen LogP contribution in [0.5, 0.6) is 11.5 Å². The van der Waals surface area contributed by atoms with Crippen LogP contribution in [-0.4, -0.2) is 4.99 Å². The highest BCUT2D eigenvalue weighted by Gasteiger charge is 2.07. The Kier molecular flexibility index (Phi) is 4.53. The van der Waals surface area contributed by atoms with Gasteiger partial charge in [0.25, 0.3) is 0 Å². The molecule has 0 fully saturated rings. The molecule has 0 bridgehead atoms. The second-order valence-electron chi connectivity index (χ2n) is 3.69. The van der Waals surface area contributed by atoms with Gasteiger partial charge in [-0.2, -0.15) is 0 Å². The van der Waals surface area contributed by atoms with Crippen molar-refractivity contribution in [3.8, 4) is 11.5 Å². The molecule has 2 rings (SSSR count). The average molecular weight is 333 g/mol. The molecular formula is C13H8Cl3NOS. The van der Waals surface area contributed by atoms with E-state index in [1.165, 1.54) is 0 Å². The van der Waals surface area contributed by atoms with E-state index in [9.17, 15) is 0 Å². The van der Waals surface area contributed by atoms with E-state index in [1.807, 2.05) is 0 Å². The number of thiocarbonyl (C=S) groups is 1. The van der Waals surface area contributed by atoms with E-state index in [0.717, 1.165) is 0 Å². The first kappa shape index (κ1) is 14.4. The molecule has 0 amide bonds. The molecule has 0 aliphatic rings. The Bertz CT molecular complexity index is 646. The number of ether oxygens (including phenoxy) is 1. The highest BCUT2D eigenvalue weighted by molar-refractivity contribution is 7.80. The van der Waals surface area contributed by atoms with E-state index in [-0.39, 0.29) is 4.99 Å². The van der Waals surface area contributed by atoms with Gasteiger partial charge >= 0.3 is 0 Å². The Balaban J connectivity index is 2.28. The van der Waals surface area contributed by atoms with E-state index < -0.39 is 0 Å². The summed E-state index contributed by atoms with van der Waals surface area (Å²) in [6.07, 6.45) is 0. The lowest BCUT2D eigenvalue weighted by Crippen LogP contribution is -2.08. The Labute approximate surface area is 131 Å². The molecule has 0 aliphatic heterocycles. The molecule has 2 N–H and O–H groups in total. The van der Waals surface area contributed by atoms with Gasteiger partial charge in [0.1, 0.15) is 16.5 Å². The summed E-state index contributed by atoms with van der Waals surface area (Å²) >= 11 is 22.7. The average Bonchev–Trinajstić information content (AvgIpc) is 2.36. The van der Waals surface area contributed by atoms with Crippen LogP contribution in [0, 0.1) is 0 Å². The summed E-state index contributed by atoms with van der Waals surface area (Å²) in [5, 5.41) is 1.29. The summed E-state index contributed by atoms with van der Waals surface area (Å²) in [5.74, 6) is 1.03. The predicted molar refractivity (Wildman–Crippen MR) is 83.9 cm³/mol. The minimum absolute atomic E-state index is 0.281. The molecule has 19 heavy (non-hydrogen) atoms. The second-order valence-corrected chi connectivity index (χ2v) is 5.35. The number of rotatable bonds is 3. The lowest BCUT2D eigenvalue weighted by atomic mass is 10.2. The Morgan fingerprint density at radius 1 is 0.947 bits per heavy atom. The van der Waals surface area contributed by atoms with Gasteiger partial charge in [-0.3, -0.25) is 0 Å². The van der Waals surface area contributed by atoms with Crippen molar-refractivity contribution in [3.63, 3.8) is 0 Å². The normalized spacial score (nSPS) is 10.3. The molecule has 2 aromatic rings. The molecule has 0 saturated heterocycles. The van der Waals surface area contributed by atoms with Crippen LogP contribution >= 0.6 is 47.0 Å². The maximum absolute atomic E-state index is 6.10. The Morgan fingerprint density at radius 3 is 2.26 bits per heavy atom. The second kappa shape index (κ2) is 5.97. The van der Waals surface area contributed by atoms with Gasteiger partial charge in [0.15, 0.2) is 0 Å². The Morgan fingerprint density at radius 2 is 1.68 bits per heavy atom. The fraction of sp³-hybridized carbons (Fsp3) is 0. The summed E-state index contributed by atoms with van der Waals surface area (Å²) in [5.41, 5.74) is 6.20. The predicted octanol–water partition coefficient (Wildman–Crippen LogP) is 5.07. The maximum atomic E-state index is 6.10. The number of benzene rings is 2. The third kappa shape index (κ3) is 3.51. The SMILES string of the molecule is NC(=S)c1ccc(Oc2ccc(Cl)c(Cl)c2)c(Cl)c1. The van der Waals surface area contributed by atoms with Crippen molar-refractivity contribution in [1.29, 1.82) is 0 Å². The maximum Gasteiger partial charge on any atom is 0.146 e. The fourth-order valence-corrected chi connectivity index (χ4v) is 2.04. The van der Waals surface area contributed by atoms with Crippen molar-refractivity contribution >= 4 is 52.0 Å². The molecule has 0 spiro atoms. The quantitative estimate of drug-likeness (QED) is 0.797. The van der Waals surface area contributed by atoms with Gasteiger partial charge in [-0.25, -0.2) is 0 Å². The van der Waals surface area contributed by atoms with Crippen LogP contribution in [0.3, 0.4) is 0 Å². The zero-order valence-electron chi connectivity index (χ0n) is 9.49. The van der Waals surface area contributed by atoms with Crippen LogP contribution in [0.2, 0.25) is 15.1 Å². The lowest BCUT2D eigenvalue weighted by Gasteiger charge is -2.09.